The van der Waals surface area contributed by atoms with Gasteiger partial charge in [-0.05, 0) is 68.4 Å². The molecule has 0 unspecified atom stereocenters. The van der Waals surface area contributed by atoms with E-state index in [0.29, 0.717) is 50.9 Å². The molecule has 0 bridgehead atoms. The van der Waals surface area contributed by atoms with Gasteiger partial charge in [0, 0.05) is 48.9 Å². The Morgan fingerprint density at radius 3 is 2.71 bits per heavy atom. The Labute approximate surface area is 210 Å². The van der Waals surface area contributed by atoms with E-state index in [0.717, 1.165) is 17.7 Å². The minimum absolute atomic E-state index is 0.104. The molecule has 4 heterocycles. The summed E-state index contributed by atoms with van der Waals surface area (Å²) in [6.07, 6.45) is 12.5. The molecule has 0 spiro atoms. The van der Waals surface area contributed by atoms with Gasteiger partial charge in [0.15, 0.2) is 5.54 Å². The number of hydrogen-bond acceptors (Lipinski definition) is 5. The predicted octanol–water partition coefficient (Wildman–Crippen LogP) is 4.26. The van der Waals surface area contributed by atoms with Crippen LogP contribution in [0.15, 0.2) is 53.7 Å². The van der Waals surface area contributed by atoms with Crippen molar-refractivity contribution in [3.63, 3.8) is 0 Å². The van der Waals surface area contributed by atoms with Crippen LogP contribution in [0.3, 0.4) is 0 Å². The topological polar surface area (TPSA) is 82.6 Å². The third kappa shape index (κ3) is 4.76. The van der Waals surface area contributed by atoms with Crippen LogP contribution in [0.1, 0.15) is 55.4 Å². The van der Waals surface area contributed by atoms with Gasteiger partial charge in [0.2, 0.25) is 5.91 Å². The number of amides is 4. The van der Waals surface area contributed by atoms with E-state index in [1.165, 1.54) is 23.3 Å². The zero-order chi connectivity index (χ0) is 24.3. The number of allylic oxidation sites excluding steroid dienone is 1. The summed E-state index contributed by atoms with van der Waals surface area (Å²) in [6.45, 7) is 1.54. The summed E-state index contributed by atoms with van der Waals surface area (Å²) >= 11 is 1.63. The summed E-state index contributed by atoms with van der Waals surface area (Å²) in [5.41, 5.74) is 0.839. The van der Waals surface area contributed by atoms with Crippen LogP contribution in [0.25, 0.3) is 0 Å². The van der Waals surface area contributed by atoms with E-state index in [1.54, 1.807) is 29.8 Å². The van der Waals surface area contributed by atoms with Crippen LogP contribution in [-0.2, 0) is 21.5 Å². The monoisotopic (exact) mass is 492 g/mol. The number of carbonyl (C=O) groups is 3. The lowest BCUT2D eigenvalue weighted by Crippen LogP contribution is -2.54. The number of imide groups is 1. The summed E-state index contributed by atoms with van der Waals surface area (Å²) in [4.78, 5) is 48.6. The van der Waals surface area contributed by atoms with Crippen LogP contribution in [0.5, 0.6) is 0 Å². The van der Waals surface area contributed by atoms with Crippen LogP contribution < -0.4 is 5.32 Å². The lowest BCUT2D eigenvalue weighted by atomic mass is 9.73. The number of piperidine rings is 1. The molecule has 35 heavy (non-hydrogen) atoms. The van der Waals surface area contributed by atoms with Gasteiger partial charge in [0.25, 0.3) is 5.91 Å². The molecule has 3 aliphatic rings. The number of carbonyl (C=O) groups excluding carboxylic acids is 3. The molecule has 7 nitrogen and oxygen atoms in total. The SMILES string of the molecule is O=C(CC1=CCCCC1)N1CCC([C@]2(c3cccnc3)NC(=O)N(CCc3cccs3)C2=O)CC1. The average Bonchev–Trinajstić information content (AvgIpc) is 3.50. The molecular weight excluding hydrogens is 460 g/mol. The molecule has 2 aliphatic heterocycles. The minimum atomic E-state index is -1.14. The van der Waals surface area contributed by atoms with Gasteiger partial charge in [-0.2, -0.15) is 0 Å². The highest BCUT2D eigenvalue weighted by atomic mass is 32.1. The standard InChI is InChI=1S/C27H32N4O3S/c32-24(18-20-6-2-1-3-7-20)30-14-10-21(11-15-30)27(22-8-4-13-28-19-22)25(33)31(26(34)29-27)16-12-23-9-5-17-35-23/h4-6,8-9,13,17,19,21H,1-3,7,10-12,14-16,18H2,(H,29,34)/t27-/m1/s1. The fourth-order valence-electron chi connectivity index (χ4n) is 5.71. The minimum Gasteiger partial charge on any atom is -0.342 e. The molecule has 0 aromatic carbocycles. The van der Waals surface area contributed by atoms with E-state index in [2.05, 4.69) is 16.4 Å². The maximum Gasteiger partial charge on any atom is 0.325 e. The maximum absolute atomic E-state index is 13.9. The van der Waals surface area contributed by atoms with E-state index in [1.807, 2.05) is 28.5 Å². The van der Waals surface area contributed by atoms with E-state index in [9.17, 15) is 14.4 Å². The quantitative estimate of drug-likeness (QED) is 0.462. The van der Waals surface area contributed by atoms with Crippen molar-refractivity contribution in [3.8, 4) is 0 Å². The Bertz CT molecular complexity index is 1090. The number of aromatic nitrogens is 1. The van der Waals surface area contributed by atoms with E-state index < -0.39 is 5.54 Å². The van der Waals surface area contributed by atoms with Crippen molar-refractivity contribution in [2.24, 2.45) is 5.92 Å². The number of urea groups is 1. The molecule has 184 valence electrons. The van der Waals surface area contributed by atoms with Gasteiger partial charge in [0.05, 0.1) is 0 Å². The molecule has 2 aromatic rings. The highest BCUT2D eigenvalue weighted by Gasteiger charge is 2.57. The lowest BCUT2D eigenvalue weighted by molar-refractivity contribution is -0.136. The summed E-state index contributed by atoms with van der Waals surface area (Å²) in [5, 5.41) is 5.08. The maximum atomic E-state index is 13.9. The van der Waals surface area contributed by atoms with Crippen molar-refractivity contribution in [1.29, 1.82) is 0 Å². The number of nitrogens with zero attached hydrogens (tertiary/aromatic N) is 3. The second-order valence-corrected chi connectivity index (χ2v) is 10.7. The van der Waals surface area contributed by atoms with Crippen molar-refractivity contribution < 1.29 is 14.4 Å². The first-order valence-corrected chi connectivity index (χ1v) is 13.5. The molecule has 2 fully saturated rings. The van der Waals surface area contributed by atoms with Crippen molar-refractivity contribution in [2.75, 3.05) is 19.6 Å². The van der Waals surface area contributed by atoms with Crippen LogP contribution in [0, 0.1) is 5.92 Å². The number of hydrogen-bond donors (Lipinski definition) is 1. The highest BCUT2D eigenvalue weighted by Crippen LogP contribution is 2.41. The molecule has 1 atom stereocenters. The normalized spacial score (nSPS) is 23.4. The first-order valence-electron chi connectivity index (χ1n) is 12.6. The molecule has 0 radical (unpaired) electrons. The Kier molecular flexibility index (Phi) is 7.00. The van der Waals surface area contributed by atoms with Crippen LogP contribution in [0.4, 0.5) is 4.79 Å². The molecular formula is C27H32N4O3S. The molecule has 5 rings (SSSR count). The first kappa shape index (κ1) is 23.7. The Balaban J connectivity index is 1.32. The summed E-state index contributed by atoms with van der Waals surface area (Å²) in [7, 11) is 0. The number of rotatable bonds is 7. The highest BCUT2D eigenvalue weighted by molar-refractivity contribution is 7.09. The zero-order valence-electron chi connectivity index (χ0n) is 19.9. The molecule has 0 saturated carbocycles. The molecule has 1 N–H and O–H groups in total. The molecule has 2 saturated heterocycles. The molecule has 4 amide bonds. The van der Waals surface area contributed by atoms with Gasteiger partial charge in [-0.25, -0.2) is 4.79 Å². The third-order valence-corrected chi connectivity index (χ3v) is 8.57. The fourth-order valence-corrected chi connectivity index (χ4v) is 6.41. The van der Waals surface area contributed by atoms with Gasteiger partial charge < -0.3 is 10.2 Å². The van der Waals surface area contributed by atoms with Crippen molar-refractivity contribution >= 4 is 29.2 Å². The van der Waals surface area contributed by atoms with Crippen LogP contribution >= 0.6 is 11.3 Å². The molecule has 2 aromatic heterocycles. The summed E-state index contributed by atoms with van der Waals surface area (Å²) < 4.78 is 0. The summed E-state index contributed by atoms with van der Waals surface area (Å²) in [5.74, 6) is -0.136. The van der Waals surface area contributed by atoms with Gasteiger partial charge >= 0.3 is 6.03 Å². The second kappa shape index (κ2) is 10.3. The van der Waals surface area contributed by atoms with E-state index >= 15 is 0 Å². The zero-order valence-corrected chi connectivity index (χ0v) is 20.8. The van der Waals surface area contributed by atoms with Gasteiger partial charge in [-0.15, -0.1) is 11.3 Å². The fraction of sp³-hybridized carbons (Fsp3) is 0.481. The Morgan fingerprint density at radius 2 is 2.03 bits per heavy atom. The lowest BCUT2D eigenvalue weighted by Gasteiger charge is -2.41. The van der Waals surface area contributed by atoms with Gasteiger partial charge in [-0.1, -0.05) is 23.8 Å². The van der Waals surface area contributed by atoms with E-state index in [-0.39, 0.29) is 23.8 Å². The van der Waals surface area contributed by atoms with Gasteiger partial charge in [0.1, 0.15) is 0 Å². The average molecular weight is 493 g/mol. The number of thiophene rings is 1. The van der Waals surface area contributed by atoms with Crippen LogP contribution in [-0.4, -0.2) is 52.3 Å². The smallest absolute Gasteiger partial charge is 0.325 e. The largest absolute Gasteiger partial charge is 0.342 e. The molecule has 1 aliphatic carbocycles. The Morgan fingerprint density at radius 1 is 1.17 bits per heavy atom. The summed E-state index contributed by atoms with van der Waals surface area (Å²) in [6, 6.07) is 7.33. The Hall–Kier alpha value is -3.00. The van der Waals surface area contributed by atoms with Crippen molar-refractivity contribution in [3.05, 3.63) is 64.1 Å². The van der Waals surface area contributed by atoms with Gasteiger partial charge in [-0.3, -0.25) is 19.5 Å². The third-order valence-electron chi connectivity index (χ3n) is 7.63. The van der Waals surface area contributed by atoms with Crippen molar-refractivity contribution in [2.45, 2.75) is 56.9 Å². The van der Waals surface area contributed by atoms with E-state index in [4.69, 9.17) is 0 Å². The second-order valence-electron chi connectivity index (χ2n) is 9.71. The van der Waals surface area contributed by atoms with Crippen molar-refractivity contribution in [1.82, 2.24) is 20.1 Å². The number of likely N-dealkylation sites (tertiary alicyclic amines) is 1. The molecule has 8 heteroatoms. The first-order chi connectivity index (χ1) is 17.1. The predicted molar refractivity (Wildman–Crippen MR) is 135 cm³/mol. The number of pyridine rings is 1. The number of nitrogens with one attached hydrogen (secondary N) is 1. The van der Waals surface area contributed by atoms with Crippen LogP contribution in [0.2, 0.25) is 0 Å².